The van der Waals surface area contributed by atoms with Gasteiger partial charge in [-0.05, 0) is 18.0 Å². The molecule has 2 aromatic heterocycles. The number of hydrogen-bond acceptors (Lipinski definition) is 4. The van der Waals surface area contributed by atoms with Crippen LogP contribution in [-0.2, 0) is 6.54 Å². The molecule has 0 N–H and O–H groups in total. The highest BCUT2D eigenvalue weighted by Crippen LogP contribution is 2.19. The van der Waals surface area contributed by atoms with E-state index in [0.717, 1.165) is 13.0 Å². The Hall–Kier alpha value is -0.940. The molecule has 0 aromatic carbocycles. The number of aryl methyl sites for hydroxylation is 1. The smallest absolute Gasteiger partial charge is 0.225 e. The summed E-state index contributed by atoms with van der Waals surface area (Å²) < 4.78 is 1.66. The van der Waals surface area contributed by atoms with Crippen molar-refractivity contribution >= 4 is 34.4 Å². The zero-order valence-corrected chi connectivity index (χ0v) is 8.92. The third kappa shape index (κ3) is 1.53. The Bertz CT molecular complexity index is 466. The maximum absolute atomic E-state index is 5.82. The Labute approximate surface area is 90.0 Å². The predicted molar refractivity (Wildman–Crippen MR) is 53.4 cm³/mol. The van der Waals surface area contributed by atoms with Gasteiger partial charge in [-0.25, -0.2) is 9.67 Å². The number of nitrogens with zero attached hydrogens (tertiary/aromatic N) is 5. The molecule has 2 heterocycles. The van der Waals surface area contributed by atoms with E-state index >= 15 is 0 Å². The van der Waals surface area contributed by atoms with Crippen LogP contribution in [0, 0.1) is 0 Å². The molecule has 2 aromatic rings. The summed E-state index contributed by atoms with van der Waals surface area (Å²) >= 11 is 11.5. The molecule has 0 spiro atoms. The zero-order valence-electron chi connectivity index (χ0n) is 7.41. The Morgan fingerprint density at radius 3 is 2.79 bits per heavy atom. The fourth-order valence-corrected chi connectivity index (χ4v) is 1.57. The molecule has 14 heavy (non-hydrogen) atoms. The van der Waals surface area contributed by atoms with Gasteiger partial charge in [0, 0.05) is 6.54 Å². The van der Waals surface area contributed by atoms with Crippen LogP contribution in [0.25, 0.3) is 11.2 Å². The number of hydrogen-bond donors (Lipinski definition) is 0. The summed E-state index contributed by atoms with van der Waals surface area (Å²) in [6, 6.07) is 0. The standard InChI is InChI=1S/C7H7Cl2N5/c1-2-3-14-6-4(12-13-14)5(8)10-7(9)11-6/h2-3H2,1H3. The van der Waals surface area contributed by atoms with Crippen LogP contribution >= 0.6 is 23.2 Å². The number of fused-ring (bicyclic) bond motifs is 1. The van der Waals surface area contributed by atoms with Crippen molar-refractivity contribution in [3.63, 3.8) is 0 Å². The molecule has 0 atom stereocenters. The Morgan fingerprint density at radius 2 is 2.07 bits per heavy atom. The molecule has 0 amide bonds. The van der Waals surface area contributed by atoms with Crippen LogP contribution in [0.15, 0.2) is 0 Å². The van der Waals surface area contributed by atoms with Crippen LogP contribution in [0.3, 0.4) is 0 Å². The first kappa shape index (κ1) is 9.61. The SMILES string of the molecule is CCCn1nnc2c(Cl)nc(Cl)nc21. The molecule has 0 unspecified atom stereocenters. The van der Waals surface area contributed by atoms with Crippen LogP contribution in [0.1, 0.15) is 13.3 Å². The average molecular weight is 232 g/mol. The zero-order chi connectivity index (χ0) is 10.1. The van der Waals surface area contributed by atoms with Crippen molar-refractivity contribution in [1.82, 2.24) is 25.0 Å². The minimum absolute atomic E-state index is 0.113. The van der Waals surface area contributed by atoms with Crippen molar-refractivity contribution in [2.75, 3.05) is 0 Å². The Balaban J connectivity index is 2.66. The van der Waals surface area contributed by atoms with E-state index in [-0.39, 0.29) is 10.4 Å². The normalized spacial score (nSPS) is 11.1. The minimum atomic E-state index is 0.113. The molecule has 0 aliphatic carbocycles. The lowest BCUT2D eigenvalue weighted by Gasteiger charge is -1.97. The lowest BCUT2D eigenvalue weighted by Crippen LogP contribution is -2.00. The molecule has 0 aliphatic heterocycles. The molecule has 5 nitrogen and oxygen atoms in total. The molecule has 0 saturated heterocycles. The maximum atomic E-state index is 5.82. The van der Waals surface area contributed by atoms with Gasteiger partial charge in [0.1, 0.15) is 0 Å². The second-order valence-electron chi connectivity index (χ2n) is 2.77. The lowest BCUT2D eigenvalue weighted by atomic mass is 10.5. The summed E-state index contributed by atoms with van der Waals surface area (Å²) in [7, 11) is 0. The summed E-state index contributed by atoms with van der Waals surface area (Å²) in [4.78, 5) is 7.80. The largest absolute Gasteiger partial charge is 0.227 e. The van der Waals surface area contributed by atoms with Crippen LogP contribution in [0.5, 0.6) is 0 Å². The first-order chi connectivity index (χ1) is 6.72. The van der Waals surface area contributed by atoms with E-state index in [1.807, 2.05) is 6.92 Å². The van der Waals surface area contributed by atoms with Crippen LogP contribution in [0.4, 0.5) is 0 Å². The predicted octanol–water partition coefficient (Wildman–Crippen LogP) is 1.94. The lowest BCUT2D eigenvalue weighted by molar-refractivity contribution is 0.591. The number of halogens is 2. The summed E-state index contributed by atoms with van der Waals surface area (Å²) in [5, 5.41) is 8.13. The van der Waals surface area contributed by atoms with Gasteiger partial charge in [-0.1, -0.05) is 23.7 Å². The minimum Gasteiger partial charge on any atom is -0.227 e. The third-order valence-electron chi connectivity index (χ3n) is 1.73. The molecule has 0 radical (unpaired) electrons. The van der Waals surface area contributed by atoms with Crippen molar-refractivity contribution in [3.8, 4) is 0 Å². The van der Waals surface area contributed by atoms with Crippen molar-refractivity contribution in [2.45, 2.75) is 19.9 Å². The van der Waals surface area contributed by atoms with E-state index in [4.69, 9.17) is 23.2 Å². The van der Waals surface area contributed by atoms with Gasteiger partial charge in [-0.15, -0.1) is 5.10 Å². The van der Waals surface area contributed by atoms with E-state index in [0.29, 0.717) is 11.2 Å². The van der Waals surface area contributed by atoms with Gasteiger partial charge in [0.15, 0.2) is 16.3 Å². The summed E-state index contributed by atoms with van der Waals surface area (Å²) in [5.74, 6) is 0. The average Bonchev–Trinajstić information content (AvgIpc) is 2.49. The first-order valence-corrected chi connectivity index (χ1v) is 4.90. The van der Waals surface area contributed by atoms with Gasteiger partial charge < -0.3 is 0 Å². The van der Waals surface area contributed by atoms with Gasteiger partial charge in [-0.2, -0.15) is 4.98 Å². The summed E-state index contributed by atoms with van der Waals surface area (Å²) in [5.41, 5.74) is 1.07. The van der Waals surface area contributed by atoms with Gasteiger partial charge in [0.25, 0.3) is 0 Å². The van der Waals surface area contributed by atoms with E-state index in [1.165, 1.54) is 0 Å². The molecular weight excluding hydrogens is 225 g/mol. The summed E-state index contributed by atoms with van der Waals surface area (Å²) in [6.45, 7) is 2.78. The fraction of sp³-hybridized carbons (Fsp3) is 0.429. The van der Waals surface area contributed by atoms with Crippen LogP contribution < -0.4 is 0 Å². The molecule has 0 saturated carbocycles. The Morgan fingerprint density at radius 1 is 1.29 bits per heavy atom. The molecule has 0 aliphatic rings. The third-order valence-corrected chi connectivity index (χ3v) is 2.16. The van der Waals surface area contributed by atoms with Gasteiger partial charge >= 0.3 is 0 Å². The second-order valence-corrected chi connectivity index (χ2v) is 3.46. The van der Waals surface area contributed by atoms with E-state index in [9.17, 15) is 0 Å². The highest BCUT2D eigenvalue weighted by molar-refractivity contribution is 6.35. The highest BCUT2D eigenvalue weighted by atomic mass is 35.5. The van der Waals surface area contributed by atoms with Crippen molar-refractivity contribution in [3.05, 3.63) is 10.4 Å². The van der Waals surface area contributed by atoms with Gasteiger partial charge in [-0.3, -0.25) is 0 Å². The van der Waals surface area contributed by atoms with Gasteiger partial charge in [0.05, 0.1) is 0 Å². The van der Waals surface area contributed by atoms with Crippen molar-refractivity contribution in [2.24, 2.45) is 0 Å². The fourth-order valence-electron chi connectivity index (χ4n) is 1.16. The first-order valence-electron chi connectivity index (χ1n) is 4.14. The summed E-state index contributed by atoms with van der Waals surface area (Å²) in [6.07, 6.45) is 0.942. The van der Waals surface area contributed by atoms with Crippen molar-refractivity contribution < 1.29 is 0 Å². The number of rotatable bonds is 2. The molecule has 0 bridgehead atoms. The molecule has 2 rings (SSSR count). The second kappa shape index (κ2) is 3.67. The molecule has 7 heteroatoms. The maximum Gasteiger partial charge on any atom is 0.225 e. The van der Waals surface area contributed by atoms with E-state index in [1.54, 1.807) is 4.68 Å². The Kier molecular flexibility index (Phi) is 2.52. The monoisotopic (exact) mass is 231 g/mol. The van der Waals surface area contributed by atoms with Crippen LogP contribution in [0.2, 0.25) is 10.4 Å². The quantitative estimate of drug-likeness (QED) is 0.586. The van der Waals surface area contributed by atoms with E-state index in [2.05, 4.69) is 20.3 Å². The molecule has 74 valence electrons. The van der Waals surface area contributed by atoms with E-state index < -0.39 is 0 Å². The van der Waals surface area contributed by atoms with Crippen molar-refractivity contribution in [1.29, 1.82) is 0 Å². The van der Waals surface area contributed by atoms with Gasteiger partial charge in [0.2, 0.25) is 5.28 Å². The topological polar surface area (TPSA) is 56.5 Å². The number of aromatic nitrogens is 5. The molecule has 0 fully saturated rings. The van der Waals surface area contributed by atoms with Crippen LogP contribution in [-0.4, -0.2) is 25.0 Å². The molecular formula is C7H7Cl2N5. The highest BCUT2D eigenvalue weighted by Gasteiger charge is 2.11.